The van der Waals surface area contributed by atoms with E-state index in [1.54, 1.807) is 6.92 Å². The van der Waals surface area contributed by atoms with Crippen LogP contribution < -0.4 is 10.6 Å². The zero-order chi connectivity index (χ0) is 13.1. The minimum absolute atomic E-state index is 0.0895. The number of nitrogens with one attached hydrogen (secondary N) is 2. The third-order valence-electron chi connectivity index (χ3n) is 3.13. The Bertz CT molecular complexity index is 459. The van der Waals surface area contributed by atoms with E-state index >= 15 is 0 Å². The van der Waals surface area contributed by atoms with Crippen molar-refractivity contribution >= 4 is 17.5 Å². The molecule has 1 fully saturated rings. The Hall–Kier alpha value is -1.13. The minimum atomic E-state index is -0.411. The molecule has 1 heterocycles. The number of piperidine rings is 1. The number of rotatable bonds is 2. The number of hydrogen-bond donors (Lipinski definition) is 2. The molecule has 1 aliphatic heterocycles. The first kappa shape index (κ1) is 13.3. The summed E-state index contributed by atoms with van der Waals surface area (Å²) in [5.74, 6) is -0.723. The first-order valence-corrected chi connectivity index (χ1v) is 6.43. The fraction of sp³-hybridized carbons (Fsp3) is 0.462. The van der Waals surface area contributed by atoms with E-state index in [0.717, 1.165) is 25.9 Å². The van der Waals surface area contributed by atoms with Crippen molar-refractivity contribution in [3.8, 4) is 0 Å². The molecule has 3 nitrogen and oxygen atoms in total. The van der Waals surface area contributed by atoms with Crippen molar-refractivity contribution in [2.45, 2.75) is 25.8 Å². The fourth-order valence-corrected chi connectivity index (χ4v) is 2.36. The van der Waals surface area contributed by atoms with Gasteiger partial charge in [-0.1, -0.05) is 11.6 Å². The van der Waals surface area contributed by atoms with Crippen LogP contribution in [0.4, 0.5) is 4.39 Å². The SMILES string of the molecule is Cc1cc(Cl)c(C(=O)NC2CCCNC2)cc1F. The molecule has 0 saturated carbocycles. The first-order chi connectivity index (χ1) is 8.58. The Labute approximate surface area is 111 Å². The standard InChI is InChI=1S/C13H16ClFN2O/c1-8-5-11(14)10(6-12(8)15)13(18)17-9-3-2-4-16-7-9/h5-6,9,16H,2-4,7H2,1H3,(H,17,18). The number of halogens is 2. The highest BCUT2D eigenvalue weighted by Crippen LogP contribution is 2.20. The lowest BCUT2D eigenvalue weighted by molar-refractivity contribution is 0.0930. The molecule has 5 heteroatoms. The average molecular weight is 271 g/mol. The van der Waals surface area contributed by atoms with Gasteiger partial charge in [-0.25, -0.2) is 4.39 Å². The van der Waals surface area contributed by atoms with Gasteiger partial charge in [-0.05, 0) is 44.0 Å². The Balaban J connectivity index is 2.10. The summed E-state index contributed by atoms with van der Waals surface area (Å²) < 4.78 is 13.4. The van der Waals surface area contributed by atoms with Crippen LogP contribution in [0, 0.1) is 12.7 Å². The van der Waals surface area contributed by atoms with Gasteiger partial charge in [-0.2, -0.15) is 0 Å². The van der Waals surface area contributed by atoms with Gasteiger partial charge in [0, 0.05) is 12.6 Å². The zero-order valence-corrected chi connectivity index (χ0v) is 11.0. The number of aryl methyl sites for hydroxylation is 1. The summed E-state index contributed by atoms with van der Waals surface area (Å²) >= 11 is 5.97. The number of carbonyl (C=O) groups is 1. The van der Waals surface area contributed by atoms with Crippen molar-refractivity contribution in [1.29, 1.82) is 0 Å². The molecule has 1 unspecified atom stereocenters. The van der Waals surface area contributed by atoms with E-state index in [-0.39, 0.29) is 22.5 Å². The van der Waals surface area contributed by atoms with Crippen molar-refractivity contribution in [2.75, 3.05) is 13.1 Å². The number of carbonyl (C=O) groups excluding carboxylic acids is 1. The maximum atomic E-state index is 13.4. The lowest BCUT2D eigenvalue weighted by Gasteiger charge is -2.24. The predicted molar refractivity (Wildman–Crippen MR) is 69.5 cm³/mol. The molecule has 0 aromatic heterocycles. The highest BCUT2D eigenvalue weighted by atomic mass is 35.5. The van der Waals surface area contributed by atoms with E-state index in [2.05, 4.69) is 10.6 Å². The maximum absolute atomic E-state index is 13.4. The molecule has 98 valence electrons. The van der Waals surface area contributed by atoms with Crippen LogP contribution in [0.25, 0.3) is 0 Å². The summed E-state index contributed by atoms with van der Waals surface area (Å²) in [6.07, 6.45) is 1.96. The van der Waals surface area contributed by atoms with Crippen LogP contribution in [0.3, 0.4) is 0 Å². The highest BCUT2D eigenvalue weighted by molar-refractivity contribution is 6.33. The molecule has 2 N–H and O–H groups in total. The monoisotopic (exact) mass is 270 g/mol. The van der Waals surface area contributed by atoms with Crippen LogP contribution in [-0.4, -0.2) is 25.0 Å². The predicted octanol–water partition coefficient (Wildman–Crippen LogP) is 2.27. The van der Waals surface area contributed by atoms with Gasteiger partial charge in [-0.15, -0.1) is 0 Å². The summed E-state index contributed by atoms with van der Waals surface area (Å²) in [6, 6.07) is 2.76. The van der Waals surface area contributed by atoms with Crippen molar-refractivity contribution in [2.24, 2.45) is 0 Å². The fourth-order valence-electron chi connectivity index (χ4n) is 2.06. The molecule has 1 aromatic rings. The third-order valence-corrected chi connectivity index (χ3v) is 3.44. The molecule has 0 radical (unpaired) electrons. The molecule has 18 heavy (non-hydrogen) atoms. The van der Waals surface area contributed by atoms with Gasteiger partial charge in [0.25, 0.3) is 5.91 Å². The number of hydrogen-bond acceptors (Lipinski definition) is 2. The molecule has 0 spiro atoms. The molecule has 2 rings (SSSR count). The highest BCUT2D eigenvalue weighted by Gasteiger charge is 2.19. The molecule has 1 aliphatic rings. The Morgan fingerprint density at radius 3 is 3.00 bits per heavy atom. The molecule has 1 atom stereocenters. The molecule has 1 amide bonds. The lowest BCUT2D eigenvalue weighted by atomic mass is 10.1. The van der Waals surface area contributed by atoms with E-state index in [0.29, 0.717) is 5.56 Å². The van der Waals surface area contributed by atoms with Crippen LogP contribution in [0.2, 0.25) is 5.02 Å². The van der Waals surface area contributed by atoms with E-state index in [1.165, 1.54) is 12.1 Å². The van der Waals surface area contributed by atoms with Gasteiger partial charge < -0.3 is 10.6 Å². The normalized spacial score (nSPS) is 19.6. The average Bonchev–Trinajstić information content (AvgIpc) is 2.35. The van der Waals surface area contributed by atoms with Crippen LogP contribution >= 0.6 is 11.6 Å². The van der Waals surface area contributed by atoms with Crippen LogP contribution in [-0.2, 0) is 0 Å². The molecule has 1 aromatic carbocycles. The lowest BCUT2D eigenvalue weighted by Crippen LogP contribution is -2.45. The van der Waals surface area contributed by atoms with Crippen molar-refractivity contribution < 1.29 is 9.18 Å². The summed E-state index contributed by atoms with van der Waals surface area (Å²) in [5.41, 5.74) is 0.640. The quantitative estimate of drug-likeness (QED) is 0.866. The second kappa shape index (κ2) is 5.67. The Morgan fingerprint density at radius 2 is 2.33 bits per heavy atom. The van der Waals surface area contributed by atoms with Crippen molar-refractivity contribution in [3.05, 3.63) is 34.1 Å². The smallest absolute Gasteiger partial charge is 0.253 e. The molecule has 1 saturated heterocycles. The van der Waals surface area contributed by atoms with Gasteiger partial charge in [0.2, 0.25) is 0 Å². The topological polar surface area (TPSA) is 41.1 Å². The van der Waals surface area contributed by atoms with Gasteiger partial charge in [0.05, 0.1) is 10.6 Å². The Kier molecular flexibility index (Phi) is 4.19. The Morgan fingerprint density at radius 1 is 1.56 bits per heavy atom. The number of amides is 1. The van der Waals surface area contributed by atoms with Crippen LogP contribution in [0.15, 0.2) is 12.1 Å². The molecular formula is C13H16ClFN2O. The zero-order valence-electron chi connectivity index (χ0n) is 10.2. The molecule has 0 bridgehead atoms. The summed E-state index contributed by atoms with van der Waals surface area (Å²) in [4.78, 5) is 12.0. The number of benzene rings is 1. The van der Waals surface area contributed by atoms with Crippen molar-refractivity contribution in [3.63, 3.8) is 0 Å². The summed E-state index contributed by atoms with van der Waals surface area (Å²) in [7, 11) is 0. The maximum Gasteiger partial charge on any atom is 0.253 e. The van der Waals surface area contributed by atoms with Gasteiger partial charge in [-0.3, -0.25) is 4.79 Å². The molecular weight excluding hydrogens is 255 g/mol. The third kappa shape index (κ3) is 3.00. The van der Waals surface area contributed by atoms with E-state index in [9.17, 15) is 9.18 Å². The largest absolute Gasteiger partial charge is 0.348 e. The van der Waals surface area contributed by atoms with Gasteiger partial charge >= 0.3 is 0 Å². The van der Waals surface area contributed by atoms with E-state index < -0.39 is 5.82 Å². The minimum Gasteiger partial charge on any atom is -0.348 e. The van der Waals surface area contributed by atoms with Gasteiger partial charge in [0.1, 0.15) is 5.82 Å². The second-order valence-electron chi connectivity index (χ2n) is 4.60. The van der Waals surface area contributed by atoms with E-state index in [4.69, 9.17) is 11.6 Å². The van der Waals surface area contributed by atoms with Gasteiger partial charge in [0.15, 0.2) is 0 Å². The van der Waals surface area contributed by atoms with Crippen LogP contribution in [0.1, 0.15) is 28.8 Å². The molecule has 0 aliphatic carbocycles. The first-order valence-electron chi connectivity index (χ1n) is 6.05. The summed E-state index contributed by atoms with van der Waals surface area (Å²) in [5, 5.41) is 6.36. The van der Waals surface area contributed by atoms with E-state index in [1.807, 2.05) is 0 Å². The van der Waals surface area contributed by atoms with Crippen molar-refractivity contribution in [1.82, 2.24) is 10.6 Å². The van der Waals surface area contributed by atoms with Crippen LogP contribution in [0.5, 0.6) is 0 Å². The summed E-state index contributed by atoms with van der Waals surface area (Å²) in [6.45, 7) is 3.35. The second-order valence-corrected chi connectivity index (χ2v) is 5.01.